The minimum Gasteiger partial charge on any atom is -0.466 e. The fraction of sp³-hybridized carbons (Fsp3) is 0.588. The van der Waals surface area contributed by atoms with Crippen molar-refractivity contribution in [3.63, 3.8) is 0 Å². The Hall–Kier alpha value is -2.11. The number of esters is 2. The third-order valence-corrected chi connectivity index (χ3v) is 3.52. The molecule has 2 rings (SSSR count). The molecule has 0 unspecified atom stereocenters. The van der Waals surface area contributed by atoms with E-state index in [-0.39, 0.29) is 17.9 Å². The van der Waals surface area contributed by atoms with E-state index in [4.69, 9.17) is 9.47 Å². The van der Waals surface area contributed by atoms with Gasteiger partial charge in [0.25, 0.3) is 0 Å². The highest BCUT2D eigenvalue weighted by Gasteiger charge is 2.24. The van der Waals surface area contributed by atoms with E-state index >= 15 is 0 Å². The highest BCUT2D eigenvalue weighted by atomic mass is 16.6. The van der Waals surface area contributed by atoms with Gasteiger partial charge in [-0.05, 0) is 47.0 Å². The molecule has 0 amide bonds. The third-order valence-electron chi connectivity index (χ3n) is 3.52. The predicted molar refractivity (Wildman–Crippen MR) is 85.6 cm³/mol. The molecule has 1 aromatic rings. The van der Waals surface area contributed by atoms with Crippen molar-refractivity contribution in [1.82, 2.24) is 9.78 Å². The molecule has 1 aliphatic carbocycles. The maximum atomic E-state index is 12.0. The van der Waals surface area contributed by atoms with Crippen LogP contribution in [0.15, 0.2) is 18.5 Å². The molecule has 6 heteroatoms. The van der Waals surface area contributed by atoms with E-state index in [1.54, 1.807) is 10.9 Å². The molecule has 1 heterocycles. The lowest BCUT2D eigenvalue weighted by Gasteiger charge is -2.20. The number of hydrogen-bond donors (Lipinski definition) is 0. The molecule has 0 spiro atoms. The maximum absolute atomic E-state index is 12.0. The van der Waals surface area contributed by atoms with Crippen LogP contribution in [0.5, 0.6) is 0 Å². The monoisotopic (exact) mass is 320 g/mol. The van der Waals surface area contributed by atoms with Crippen molar-refractivity contribution in [2.45, 2.75) is 52.6 Å². The van der Waals surface area contributed by atoms with Crippen molar-refractivity contribution in [2.75, 3.05) is 6.61 Å². The number of ether oxygens (including phenoxy) is 2. The number of carbonyl (C=O) groups excluding carboxylic acids is 2. The van der Waals surface area contributed by atoms with Crippen LogP contribution < -0.4 is 0 Å². The van der Waals surface area contributed by atoms with Crippen LogP contribution in [-0.2, 0) is 14.3 Å². The Morgan fingerprint density at radius 1 is 1.39 bits per heavy atom. The molecule has 0 bridgehead atoms. The van der Waals surface area contributed by atoms with E-state index in [9.17, 15) is 9.59 Å². The summed E-state index contributed by atoms with van der Waals surface area (Å²) < 4.78 is 12.1. The van der Waals surface area contributed by atoms with Crippen molar-refractivity contribution in [3.05, 3.63) is 24.0 Å². The number of carbonyl (C=O) groups is 2. The normalized spacial score (nSPS) is 18.3. The van der Waals surface area contributed by atoms with Crippen molar-refractivity contribution in [1.29, 1.82) is 0 Å². The molecule has 0 N–H and O–H groups in total. The van der Waals surface area contributed by atoms with E-state index in [0.717, 1.165) is 18.5 Å². The summed E-state index contributed by atoms with van der Waals surface area (Å²) in [7, 11) is 0. The van der Waals surface area contributed by atoms with Crippen molar-refractivity contribution < 1.29 is 19.1 Å². The SMILES string of the molecule is CCOC(=O)[C@@H]1CC=C(n2cc(C(=O)OC(C)(C)C)cn2)CC1. The van der Waals surface area contributed by atoms with Gasteiger partial charge in [-0.2, -0.15) is 5.10 Å². The van der Waals surface area contributed by atoms with Crippen molar-refractivity contribution in [3.8, 4) is 0 Å². The highest BCUT2D eigenvalue weighted by Crippen LogP contribution is 2.27. The Labute approximate surface area is 136 Å². The Morgan fingerprint density at radius 3 is 2.70 bits per heavy atom. The lowest BCUT2D eigenvalue weighted by Crippen LogP contribution is -2.23. The number of hydrogen-bond acceptors (Lipinski definition) is 5. The lowest BCUT2D eigenvalue weighted by atomic mass is 9.92. The zero-order valence-corrected chi connectivity index (χ0v) is 14.2. The Morgan fingerprint density at radius 2 is 2.13 bits per heavy atom. The number of rotatable bonds is 4. The van der Waals surface area contributed by atoms with Gasteiger partial charge in [-0.1, -0.05) is 6.08 Å². The van der Waals surface area contributed by atoms with Gasteiger partial charge in [0.15, 0.2) is 0 Å². The quantitative estimate of drug-likeness (QED) is 0.797. The van der Waals surface area contributed by atoms with Crippen LogP contribution in [0.3, 0.4) is 0 Å². The third kappa shape index (κ3) is 4.68. The molecule has 0 aromatic carbocycles. The molecule has 23 heavy (non-hydrogen) atoms. The molecular weight excluding hydrogens is 296 g/mol. The van der Waals surface area contributed by atoms with Crippen LogP contribution in [0.1, 0.15) is 57.3 Å². The van der Waals surface area contributed by atoms with E-state index < -0.39 is 5.60 Å². The zero-order chi connectivity index (χ0) is 17.0. The lowest BCUT2D eigenvalue weighted by molar-refractivity contribution is -0.148. The minimum atomic E-state index is -0.532. The Bertz CT molecular complexity index is 610. The molecule has 1 aliphatic rings. The average Bonchev–Trinajstić information content (AvgIpc) is 2.96. The van der Waals surface area contributed by atoms with Crippen LogP contribution in [0, 0.1) is 5.92 Å². The minimum absolute atomic E-state index is 0.0837. The van der Waals surface area contributed by atoms with Gasteiger partial charge in [-0.3, -0.25) is 4.79 Å². The summed E-state index contributed by atoms with van der Waals surface area (Å²) >= 11 is 0. The van der Waals surface area contributed by atoms with Gasteiger partial charge < -0.3 is 9.47 Å². The summed E-state index contributed by atoms with van der Waals surface area (Å²) in [6.07, 6.45) is 7.24. The molecule has 0 saturated carbocycles. The zero-order valence-electron chi connectivity index (χ0n) is 14.2. The molecule has 1 atom stereocenters. The molecule has 0 saturated heterocycles. The van der Waals surface area contributed by atoms with Gasteiger partial charge in [0.2, 0.25) is 0 Å². The Balaban J connectivity index is 2.02. The standard InChI is InChI=1S/C17H24N2O4/c1-5-22-15(20)12-6-8-14(9-7-12)19-11-13(10-18-19)16(21)23-17(2,3)4/h8,10-12H,5-7,9H2,1-4H3/t12-/m1/s1. The number of aromatic nitrogens is 2. The summed E-state index contributed by atoms with van der Waals surface area (Å²) in [5.41, 5.74) is 0.879. The van der Waals surface area contributed by atoms with Crippen molar-refractivity contribution >= 4 is 17.6 Å². The first kappa shape index (κ1) is 17.2. The van der Waals surface area contributed by atoms with Gasteiger partial charge >= 0.3 is 11.9 Å². The fourth-order valence-corrected chi connectivity index (χ4v) is 2.42. The Kier molecular flexibility index (Phi) is 5.23. The maximum Gasteiger partial charge on any atom is 0.341 e. The van der Waals surface area contributed by atoms with E-state index in [1.807, 2.05) is 33.8 Å². The second kappa shape index (κ2) is 6.98. The summed E-state index contributed by atoms with van der Waals surface area (Å²) in [6, 6.07) is 0. The second-order valence-electron chi connectivity index (χ2n) is 6.59. The second-order valence-corrected chi connectivity index (χ2v) is 6.59. The van der Waals surface area contributed by atoms with Gasteiger partial charge in [0.05, 0.1) is 24.3 Å². The smallest absolute Gasteiger partial charge is 0.341 e. The highest BCUT2D eigenvalue weighted by molar-refractivity contribution is 5.89. The largest absolute Gasteiger partial charge is 0.466 e. The number of allylic oxidation sites excluding steroid dienone is 2. The first-order chi connectivity index (χ1) is 10.8. The number of nitrogens with zero attached hydrogens (tertiary/aromatic N) is 2. The van der Waals surface area contributed by atoms with Crippen LogP contribution >= 0.6 is 0 Å². The van der Waals surface area contributed by atoms with E-state index in [1.165, 1.54) is 6.20 Å². The van der Waals surface area contributed by atoms with Gasteiger partial charge in [0, 0.05) is 11.9 Å². The molecule has 1 aromatic heterocycles. The first-order valence-corrected chi connectivity index (χ1v) is 7.94. The summed E-state index contributed by atoms with van der Waals surface area (Å²) in [4.78, 5) is 23.7. The van der Waals surface area contributed by atoms with Crippen molar-refractivity contribution in [2.24, 2.45) is 5.92 Å². The molecule has 0 aliphatic heterocycles. The average molecular weight is 320 g/mol. The fourth-order valence-electron chi connectivity index (χ4n) is 2.42. The van der Waals surface area contributed by atoms with E-state index in [0.29, 0.717) is 18.6 Å². The van der Waals surface area contributed by atoms with E-state index in [2.05, 4.69) is 5.10 Å². The van der Waals surface area contributed by atoms with Gasteiger partial charge in [-0.25, -0.2) is 9.48 Å². The molecule has 126 valence electrons. The molecule has 6 nitrogen and oxygen atoms in total. The molecular formula is C17H24N2O4. The van der Waals surface area contributed by atoms with Gasteiger partial charge in [-0.15, -0.1) is 0 Å². The molecule has 0 fully saturated rings. The molecule has 0 radical (unpaired) electrons. The van der Waals surface area contributed by atoms with Crippen LogP contribution in [0.2, 0.25) is 0 Å². The topological polar surface area (TPSA) is 70.4 Å². The first-order valence-electron chi connectivity index (χ1n) is 7.94. The van der Waals surface area contributed by atoms with Gasteiger partial charge in [0.1, 0.15) is 5.60 Å². The van der Waals surface area contributed by atoms with Crippen LogP contribution in [0.4, 0.5) is 0 Å². The summed E-state index contributed by atoms with van der Waals surface area (Å²) in [5.74, 6) is -0.609. The summed E-state index contributed by atoms with van der Waals surface area (Å²) in [6.45, 7) is 7.70. The van der Waals surface area contributed by atoms with Crippen LogP contribution in [-0.4, -0.2) is 33.9 Å². The summed E-state index contributed by atoms with van der Waals surface area (Å²) in [5, 5.41) is 4.23. The van der Waals surface area contributed by atoms with Crippen LogP contribution in [0.25, 0.3) is 5.70 Å². The predicted octanol–water partition coefficient (Wildman–Crippen LogP) is 3.04.